The van der Waals surface area contributed by atoms with Gasteiger partial charge in [-0.3, -0.25) is 0 Å². The molecule has 0 aliphatic carbocycles. The van der Waals surface area contributed by atoms with Crippen molar-refractivity contribution >= 4 is 101 Å². The Morgan fingerprint density at radius 1 is 0.404 bits per heavy atom. The van der Waals surface area contributed by atoms with Gasteiger partial charge in [0.2, 0.25) is 0 Å². The summed E-state index contributed by atoms with van der Waals surface area (Å²) < 4.78 is 0. The normalized spacial score (nSPS) is 10.8. The topological polar surface area (TPSA) is 0 Å². The van der Waals surface area contributed by atoms with Gasteiger partial charge in [0.25, 0.3) is 0 Å². The Hall–Kier alpha value is -2.83. The van der Waals surface area contributed by atoms with Crippen LogP contribution in [0.1, 0.15) is 0 Å². The van der Waals surface area contributed by atoms with Gasteiger partial charge < -0.3 is 14.9 Å². The van der Waals surface area contributed by atoms with Crippen molar-refractivity contribution in [3.05, 3.63) is 160 Å². The first kappa shape index (κ1) is 45.3. The van der Waals surface area contributed by atoms with Gasteiger partial charge in [-0.05, 0) is 32.7 Å². The molecule has 0 bridgehead atoms. The molecule has 52 heavy (non-hydrogen) atoms. The number of benzene rings is 6. The number of rotatable bonds is 4. The third kappa shape index (κ3) is 9.45. The molecule has 8 rings (SSSR count). The Balaban J connectivity index is 0.000000320. The van der Waals surface area contributed by atoms with E-state index in [1.807, 2.05) is 0 Å². The van der Waals surface area contributed by atoms with E-state index in [1.54, 1.807) is 10.4 Å². The van der Waals surface area contributed by atoms with E-state index < -0.39 is 16.1 Å². The van der Waals surface area contributed by atoms with Crippen molar-refractivity contribution in [1.29, 1.82) is 0 Å². The Morgan fingerprint density at radius 3 is 1.04 bits per heavy atom. The molecule has 2 radical (unpaired) electrons. The monoisotopic (exact) mass is 846 g/mol. The molecule has 0 aliphatic rings. The minimum absolute atomic E-state index is 0. The van der Waals surface area contributed by atoms with Crippen molar-refractivity contribution in [2.75, 3.05) is 0 Å². The average Bonchev–Trinajstić information content (AvgIpc) is 3.75. The molecular weight excluding hydrogens is 799 g/mol. The molecule has 268 valence electrons. The molecule has 0 fully saturated rings. The van der Waals surface area contributed by atoms with Crippen LogP contribution in [0.25, 0.3) is 65.3 Å². The summed E-state index contributed by atoms with van der Waals surface area (Å²) in [5.41, 5.74) is 5.37. The van der Waals surface area contributed by atoms with E-state index in [-0.39, 0.29) is 39.7 Å². The molecule has 0 nitrogen and oxygen atoms in total. The first-order chi connectivity index (χ1) is 23.1. The maximum atomic E-state index is 3.06. The fourth-order valence-electron chi connectivity index (χ4n) is 6.73. The number of halogens is 2. The molecule has 0 N–H and O–H groups in total. The second kappa shape index (κ2) is 19.0. The zero-order chi connectivity index (χ0) is 34.1. The van der Waals surface area contributed by atoms with Crippen LogP contribution in [0, 0.1) is 14.9 Å². The third-order valence-corrected chi connectivity index (χ3v) is 13.4. The molecule has 0 saturated carbocycles. The Morgan fingerprint density at radius 2 is 0.692 bits per heavy atom. The van der Waals surface area contributed by atoms with Gasteiger partial charge in [0.1, 0.15) is 0 Å². The van der Waals surface area contributed by atoms with E-state index in [2.05, 4.69) is 192 Å². The van der Waals surface area contributed by atoms with Crippen molar-refractivity contribution in [3.8, 4) is 22.3 Å². The molecule has 0 aliphatic heterocycles. The van der Waals surface area contributed by atoms with Crippen LogP contribution >= 0.6 is 24.8 Å². The summed E-state index contributed by atoms with van der Waals surface area (Å²) >= 11 is 1.36. The summed E-state index contributed by atoms with van der Waals surface area (Å²) in [6.07, 6.45) is 0. The van der Waals surface area contributed by atoms with Crippen LogP contribution in [0.4, 0.5) is 0 Å². The predicted octanol–water partition coefficient (Wildman–Crippen LogP) is 13.2. The molecule has 0 saturated heterocycles. The van der Waals surface area contributed by atoms with Gasteiger partial charge in [-0.15, -0.1) is 93.1 Å². The summed E-state index contributed by atoms with van der Waals surface area (Å²) in [4.78, 5) is 0. The number of hydrogen-bond donors (Lipinski definition) is 0. The van der Waals surface area contributed by atoms with Crippen LogP contribution in [0.2, 0.25) is 39.3 Å². The molecule has 0 spiro atoms. The van der Waals surface area contributed by atoms with Crippen LogP contribution in [-0.4, -0.2) is 23.0 Å². The molecule has 8 aromatic carbocycles. The average molecular weight is 849 g/mol. The van der Waals surface area contributed by atoms with Gasteiger partial charge in [0.05, 0.1) is 16.1 Å². The van der Waals surface area contributed by atoms with Crippen molar-refractivity contribution in [2.45, 2.75) is 39.3 Å². The number of hydrogen-bond acceptors (Lipinski definition) is 0. The zero-order valence-corrected chi connectivity index (χ0v) is 38.8. The number of fused-ring (bicyclic) bond motifs is 4. The van der Waals surface area contributed by atoms with Gasteiger partial charge >= 0.3 is 30.2 Å². The first-order valence-corrected chi connectivity index (χ1v) is 27.9. The van der Waals surface area contributed by atoms with Crippen LogP contribution in [0.5, 0.6) is 0 Å². The Labute approximate surface area is 343 Å². The standard InChI is InChI=1S/2C22H21Si.2CH3.2ClH.Si.Zr/c2*1-23(2,3)18-14-17-10-7-13-21(22(17)15-18)20-12-6-9-16-8-4-5-11-19(16)20;;;;;;/h2*4-15H,1-3H3;2*1H3;2*1H;;/q4*-1;;;;. The molecular formula is C46H50Cl2Si3Zr-4. The summed E-state index contributed by atoms with van der Waals surface area (Å²) in [6, 6.07) is 53.6. The van der Waals surface area contributed by atoms with Crippen LogP contribution in [0.3, 0.4) is 0 Å². The van der Waals surface area contributed by atoms with Crippen molar-refractivity contribution in [1.82, 2.24) is 0 Å². The molecule has 6 heteroatoms. The second-order valence-corrected chi connectivity index (χ2v) is 24.8. The van der Waals surface area contributed by atoms with Gasteiger partial charge in [0.15, 0.2) is 0 Å². The van der Waals surface area contributed by atoms with E-state index in [4.69, 9.17) is 0 Å². The van der Waals surface area contributed by atoms with E-state index in [9.17, 15) is 0 Å². The SMILES string of the molecule is C[Si](C)(C)c1cc2c(-c3cccc4ccccc34)cccc2[cH-]1.C[Si](C)(C)c1cc2c(-c3cccc4ccccc34)cccc2[cH-]1.Cl.Cl.[CH3-].[CH3-].[Si]=[Zr]. The zero-order valence-electron chi connectivity index (χ0n) is 31.7. The van der Waals surface area contributed by atoms with Crippen molar-refractivity contribution in [2.24, 2.45) is 0 Å². The summed E-state index contributed by atoms with van der Waals surface area (Å²) in [5, 5.41) is 13.9. The van der Waals surface area contributed by atoms with Gasteiger partial charge in [-0.25, -0.2) is 0 Å². The maximum absolute atomic E-state index is 3.06. The summed E-state index contributed by atoms with van der Waals surface area (Å²) in [5.74, 6) is 0. The molecule has 0 unspecified atom stereocenters. The molecule has 8 aromatic rings. The minimum atomic E-state index is -1.29. The van der Waals surface area contributed by atoms with Gasteiger partial charge in [-0.2, -0.15) is 12.1 Å². The quantitative estimate of drug-likeness (QED) is 0.122. The van der Waals surface area contributed by atoms with Crippen molar-refractivity contribution < 1.29 is 23.3 Å². The fourth-order valence-corrected chi connectivity index (χ4v) is 9.06. The third-order valence-electron chi connectivity index (χ3n) is 9.39. The molecule has 0 aromatic heterocycles. The van der Waals surface area contributed by atoms with E-state index in [0.717, 1.165) is 0 Å². The molecule has 0 heterocycles. The molecule has 0 amide bonds. The van der Waals surface area contributed by atoms with Gasteiger partial charge in [0, 0.05) is 0 Å². The van der Waals surface area contributed by atoms with E-state index in [1.165, 1.54) is 88.7 Å². The van der Waals surface area contributed by atoms with E-state index in [0.29, 0.717) is 0 Å². The van der Waals surface area contributed by atoms with Crippen LogP contribution < -0.4 is 10.4 Å². The van der Waals surface area contributed by atoms with Crippen LogP contribution in [-0.2, 0) is 23.3 Å². The van der Waals surface area contributed by atoms with Crippen molar-refractivity contribution in [3.63, 3.8) is 0 Å². The Kier molecular flexibility index (Phi) is 16.5. The summed E-state index contributed by atoms with van der Waals surface area (Å²) in [6.45, 7) is 17.6. The van der Waals surface area contributed by atoms with E-state index >= 15 is 0 Å². The van der Waals surface area contributed by atoms with Crippen LogP contribution in [0.15, 0.2) is 146 Å². The Bertz CT molecular complexity index is 2200. The second-order valence-electron chi connectivity index (χ2n) is 14.7. The predicted molar refractivity (Wildman–Crippen MR) is 244 cm³/mol. The summed E-state index contributed by atoms with van der Waals surface area (Å²) in [7, 11) is -2.59. The molecule has 0 atom stereocenters. The van der Waals surface area contributed by atoms with Gasteiger partial charge in [-0.1, -0.05) is 147 Å². The fraction of sp³-hybridized carbons (Fsp3) is 0.130. The first-order valence-electron chi connectivity index (χ1n) is 16.7.